The first-order chi connectivity index (χ1) is 10.1. The number of hydrogen-bond donors (Lipinski definition) is 0. The third-order valence-electron chi connectivity index (χ3n) is 3.54. The summed E-state index contributed by atoms with van der Waals surface area (Å²) in [6, 6.07) is 15.5. The second-order valence-corrected chi connectivity index (χ2v) is 5.08. The highest BCUT2D eigenvalue weighted by Gasteiger charge is 2.05. The zero-order chi connectivity index (χ0) is 14.8. The number of benzene rings is 2. The molecule has 0 saturated heterocycles. The van der Waals surface area contributed by atoms with Gasteiger partial charge < -0.3 is 4.57 Å². The molecule has 0 aliphatic rings. The Labute approximate surface area is 123 Å². The Kier molecular flexibility index (Phi) is 3.40. The van der Waals surface area contributed by atoms with Gasteiger partial charge in [0.1, 0.15) is 5.82 Å². The van der Waals surface area contributed by atoms with Crippen molar-refractivity contribution < 1.29 is 4.79 Å². The summed E-state index contributed by atoms with van der Waals surface area (Å²) in [5, 5.41) is 0. The summed E-state index contributed by atoms with van der Waals surface area (Å²) in [5.41, 5.74) is 3.82. The quantitative estimate of drug-likeness (QED) is 0.539. The van der Waals surface area contributed by atoms with E-state index in [0.29, 0.717) is 5.56 Å². The van der Waals surface area contributed by atoms with Gasteiger partial charge in [0.15, 0.2) is 5.78 Å². The van der Waals surface area contributed by atoms with Crippen LogP contribution < -0.4 is 0 Å². The van der Waals surface area contributed by atoms with Crippen molar-refractivity contribution in [3.63, 3.8) is 0 Å². The van der Waals surface area contributed by atoms with Crippen molar-refractivity contribution in [1.29, 1.82) is 0 Å². The van der Waals surface area contributed by atoms with Crippen molar-refractivity contribution in [2.75, 3.05) is 0 Å². The first-order valence-corrected chi connectivity index (χ1v) is 6.86. The summed E-state index contributed by atoms with van der Waals surface area (Å²) in [6.45, 7) is 2.00. The van der Waals surface area contributed by atoms with E-state index in [4.69, 9.17) is 0 Å². The SMILES string of the molecule is Cc1ccc(C(=O)/C=C/c2nc3ccccc3n2C)cc1. The average Bonchev–Trinajstić information content (AvgIpc) is 2.82. The van der Waals surface area contributed by atoms with Crippen molar-refractivity contribution in [3.8, 4) is 0 Å². The predicted molar refractivity (Wildman–Crippen MR) is 85.3 cm³/mol. The number of nitrogens with zero attached hydrogens (tertiary/aromatic N) is 2. The van der Waals surface area contributed by atoms with Crippen LogP contribution in [0.5, 0.6) is 0 Å². The number of carbonyl (C=O) groups is 1. The van der Waals surface area contributed by atoms with E-state index in [1.165, 1.54) is 0 Å². The van der Waals surface area contributed by atoms with Gasteiger partial charge in [0.2, 0.25) is 0 Å². The summed E-state index contributed by atoms with van der Waals surface area (Å²) in [5.74, 6) is 0.763. The van der Waals surface area contributed by atoms with Gasteiger partial charge in [0, 0.05) is 12.6 Å². The molecule has 0 amide bonds. The molecule has 0 fully saturated rings. The number of ketones is 1. The molecule has 3 heteroatoms. The molecule has 0 saturated carbocycles. The minimum Gasteiger partial charge on any atom is -0.328 e. The zero-order valence-corrected chi connectivity index (χ0v) is 12.1. The molecular formula is C18H16N2O. The number of para-hydroxylation sites is 2. The molecule has 104 valence electrons. The van der Waals surface area contributed by atoms with Crippen molar-refractivity contribution >= 4 is 22.9 Å². The number of aryl methyl sites for hydroxylation is 2. The van der Waals surface area contributed by atoms with E-state index in [2.05, 4.69) is 4.98 Å². The maximum Gasteiger partial charge on any atom is 0.185 e. The van der Waals surface area contributed by atoms with Gasteiger partial charge in [-0.05, 0) is 31.2 Å². The molecular weight excluding hydrogens is 260 g/mol. The number of hydrogen-bond acceptors (Lipinski definition) is 2. The van der Waals surface area contributed by atoms with Gasteiger partial charge in [0.25, 0.3) is 0 Å². The smallest absolute Gasteiger partial charge is 0.185 e. The molecule has 2 aromatic carbocycles. The van der Waals surface area contributed by atoms with Gasteiger partial charge in [-0.2, -0.15) is 0 Å². The molecule has 3 nitrogen and oxygen atoms in total. The third kappa shape index (κ3) is 2.63. The molecule has 3 aromatic rings. The van der Waals surface area contributed by atoms with Gasteiger partial charge in [-0.15, -0.1) is 0 Å². The lowest BCUT2D eigenvalue weighted by Crippen LogP contribution is -1.96. The van der Waals surface area contributed by atoms with Crippen LogP contribution in [0.3, 0.4) is 0 Å². The summed E-state index contributed by atoms with van der Waals surface area (Å²) in [6.07, 6.45) is 3.34. The van der Waals surface area contributed by atoms with Crippen LogP contribution in [0.15, 0.2) is 54.6 Å². The van der Waals surface area contributed by atoms with Crippen molar-refractivity contribution in [3.05, 3.63) is 71.6 Å². The fraction of sp³-hybridized carbons (Fsp3) is 0.111. The van der Waals surface area contributed by atoms with E-state index in [1.54, 1.807) is 12.2 Å². The Morgan fingerprint density at radius 3 is 2.52 bits per heavy atom. The normalized spacial score (nSPS) is 11.3. The maximum absolute atomic E-state index is 12.1. The lowest BCUT2D eigenvalue weighted by molar-refractivity contribution is 0.104. The van der Waals surface area contributed by atoms with Crippen molar-refractivity contribution in [1.82, 2.24) is 9.55 Å². The fourth-order valence-corrected chi connectivity index (χ4v) is 2.28. The topological polar surface area (TPSA) is 34.9 Å². The maximum atomic E-state index is 12.1. The Bertz CT molecular complexity index is 826. The molecule has 0 N–H and O–H groups in total. The fourth-order valence-electron chi connectivity index (χ4n) is 2.28. The van der Waals surface area contributed by atoms with Crippen LogP contribution >= 0.6 is 0 Å². The molecule has 0 atom stereocenters. The third-order valence-corrected chi connectivity index (χ3v) is 3.54. The molecule has 21 heavy (non-hydrogen) atoms. The molecule has 0 bridgehead atoms. The summed E-state index contributed by atoms with van der Waals surface area (Å²) in [4.78, 5) is 16.6. The van der Waals surface area contributed by atoms with E-state index in [9.17, 15) is 4.79 Å². The lowest BCUT2D eigenvalue weighted by Gasteiger charge is -1.98. The molecule has 3 rings (SSSR count). The molecule has 1 aromatic heterocycles. The monoisotopic (exact) mass is 276 g/mol. The Morgan fingerprint density at radius 2 is 1.81 bits per heavy atom. The molecule has 0 radical (unpaired) electrons. The lowest BCUT2D eigenvalue weighted by atomic mass is 10.1. The summed E-state index contributed by atoms with van der Waals surface area (Å²) in [7, 11) is 1.95. The summed E-state index contributed by atoms with van der Waals surface area (Å²) < 4.78 is 1.98. The van der Waals surface area contributed by atoms with Crippen LogP contribution in [-0.4, -0.2) is 15.3 Å². The van der Waals surface area contributed by atoms with Crippen LogP contribution in [0.25, 0.3) is 17.1 Å². The number of rotatable bonds is 3. The largest absolute Gasteiger partial charge is 0.328 e. The van der Waals surface area contributed by atoms with Gasteiger partial charge in [-0.3, -0.25) is 4.79 Å². The van der Waals surface area contributed by atoms with E-state index in [-0.39, 0.29) is 5.78 Å². The minimum atomic E-state index is -0.0120. The van der Waals surface area contributed by atoms with Crippen LogP contribution in [0.2, 0.25) is 0 Å². The first kappa shape index (κ1) is 13.3. The highest BCUT2D eigenvalue weighted by Crippen LogP contribution is 2.15. The van der Waals surface area contributed by atoms with Gasteiger partial charge >= 0.3 is 0 Å². The molecule has 1 heterocycles. The minimum absolute atomic E-state index is 0.0120. The van der Waals surface area contributed by atoms with Crippen LogP contribution in [0.4, 0.5) is 0 Å². The Balaban J connectivity index is 1.89. The zero-order valence-electron chi connectivity index (χ0n) is 12.1. The number of fused-ring (bicyclic) bond motifs is 1. The number of imidazole rings is 1. The average molecular weight is 276 g/mol. The van der Waals surface area contributed by atoms with Gasteiger partial charge in [-0.1, -0.05) is 42.0 Å². The molecule has 0 unspecified atom stereocenters. The molecule has 0 aliphatic carbocycles. The summed E-state index contributed by atoms with van der Waals surface area (Å²) >= 11 is 0. The predicted octanol–water partition coefficient (Wildman–Crippen LogP) is 3.78. The van der Waals surface area contributed by atoms with Crippen molar-refractivity contribution in [2.24, 2.45) is 7.05 Å². The van der Waals surface area contributed by atoms with Crippen LogP contribution in [-0.2, 0) is 7.05 Å². The standard InChI is InChI=1S/C18H16N2O/c1-13-7-9-14(10-8-13)17(21)11-12-18-19-15-5-3-4-6-16(15)20(18)2/h3-12H,1-2H3/b12-11+. The highest BCUT2D eigenvalue weighted by molar-refractivity contribution is 6.06. The Morgan fingerprint density at radius 1 is 1.10 bits per heavy atom. The van der Waals surface area contributed by atoms with E-state index in [1.807, 2.05) is 67.1 Å². The Hall–Kier alpha value is -2.68. The van der Waals surface area contributed by atoms with Gasteiger partial charge in [-0.25, -0.2) is 4.98 Å². The number of aromatic nitrogens is 2. The van der Waals surface area contributed by atoms with E-state index >= 15 is 0 Å². The van der Waals surface area contributed by atoms with E-state index in [0.717, 1.165) is 22.4 Å². The number of allylic oxidation sites excluding steroid dienone is 1. The van der Waals surface area contributed by atoms with Crippen LogP contribution in [0, 0.1) is 6.92 Å². The second-order valence-electron chi connectivity index (χ2n) is 5.08. The first-order valence-electron chi connectivity index (χ1n) is 6.86. The second kappa shape index (κ2) is 5.37. The van der Waals surface area contributed by atoms with E-state index < -0.39 is 0 Å². The van der Waals surface area contributed by atoms with Crippen molar-refractivity contribution in [2.45, 2.75) is 6.92 Å². The molecule has 0 aliphatic heterocycles. The molecule has 0 spiro atoms. The highest BCUT2D eigenvalue weighted by atomic mass is 16.1. The number of carbonyl (C=O) groups excluding carboxylic acids is 1. The van der Waals surface area contributed by atoms with Crippen LogP contribution in [0.1, 0.15) is 21.7 Å². The van der Waals surface area contributed by atoms with Gasteiger partial charge in [0.05, 0.1) is 11.0 Å².